The number of hydrogen-bond donors (Lipinski definition) is 1. The van der Waals surface area contributed by atoms with Gasteiger partial charge in [0.1, 0.15) is 12.4 Å². The Hall–Kier alpha value is -2.27. The zero-order valence-corrected chi connectivity index (χ0v) is 12.7. The molecule has 0 aliphatic carbocycles. The average molecular weight is 305 g/mol. The molecule has 2 N–H and O–H groups in total. The molecule has 1 amide bonds. The van der Waals surface area contributed by atoms with Crippen molar-refractivity contribution in [2.75, 3.05) is 11.4 Å². The van der Waals surface area contributed by atoms with E-state index in [9.17, 15) is 4.79 Å². The molecule has 0 saturated carbocycles. The van der Waals surface area contributed by atoms with E-state index in [0.29, 0.717) is 17.9 Å². The van der Waals surface area contributed by atoms with Crippen LogP contribution < -0.4 is 27.6 Å². The number of nitrogens with two attached hydrogens (primary N) is 1. The second-order valence-electron chi connectivity index (χ2n) is 5.09. The van der Waals surface area contributed by atoms with Gasteiger partial charge in [-0.3, -0.25) is 9.69 Å². The summed E-state index contributed by atoms with van der Waals surface area (Å²) in [5.74, 6) is -0.0671. The Morgan fingerprint density at radius 2 is 1.90 bits per heavy atom. The van der Waals surface area contributed by atoms with Crippen LogP contribution in [-0.2, 0) is 11.8 Å². The van der Waals surface area contributed by atoms with Gasteiger partial charge in [0.2, 0.25) is 12.0 Å². The van der Waals surface area contributed by atoms with E-state index in [1.165, 1.54) is 5.56 Å². The minimum atomic E-state index is -0.0671. The van der Waals surface area contributed by atoms with Crippen molar-refractivity contribution in [2.45, 2.75) is 6.92 Å². The van der Waals surface area contributed by atoms with Crippen molar-refractivity contribution < 1.29 is 21.8 Å². The molecule has 2 aromatic rings. The van der Waals surface area contributed by atoms with Gasteiger partial charge in [-0.05, 0) is 19.1 Å². The van der Waals surface area contributed by atoms with E-state index in [4.69, 9.17) is 5.73 Å². The molecule has 0 bridgehead atoms. The third kappa shape index (κ3) is 2.64. The van der Waals surface area contributed by atoms with Crippen molar-refractivity contribution >= 4 is 17.3 Å². The Balaban J connectivity index is 0.00000161. The highest BCUT2D eigenvalue weighted by Gasteiger charge is 2.34. The van der Waals surface area contributed by atoms with Crippen LogP contribution >= 0.6 is 0 Å². The SMILES string of the molecule is Cc1ccc(N2CC(N)=C(n3cc[n+](C)c3)C2=O)cc1.[Cl-]. The van der Waals surface area contributed by atoms with Crippen molar-refractivity contribution in [1.82, 2.24) is 4.57 Å². The van der Waals surface area contributed by atoms with Gasteiger partial charge in [-0.2, -0.15) is 4.57 Å². The van der Waals surface area contributed by atoms with Crippen LogP contribution in [0.1, 0.15) is 5.56 Å². The lowest BCUT2D eigenvalue weighted by molar-refractivity contribution is -0.670. The summed E-state index contributed by atoms with van der Waals surface area (Å²) < 4.78 is 3.65. The number of amides is 1. The summed E-state index contributed by atoms with van der Waals surface area (Å²) >= 11 is 0. The molecule has 0 fully saturated rings. The first kappa shape index (κ1) is 15.1. The van der Waals surface area contributed by atoms with Crippen LogP contribution in [0.25, 0.3) is 5.70 Å². The zero-order chi connectivity index (χ0) is 14.3. The summed E-state index contributed by atoms with van der Waals surface area (Å²) in [4.78, 5) is 14.3. The number of benzene rings is 1. The molecular weight excluding hydrogens is 288 g/mol. The van der Waals surface area contributed by atoms with Gasteiger partial charge >= 0.3 is 5.91 Å². The van der Waals surface area contributed by atoms with Gasteiger partial charge in [-0.25, -0.2) is 4.57 Å². The molecule has 0 spiro atoms. The van der Waals surface area contributed by atoms with Crippen LogP contribution in [0.4, 0.5) is 5.69 Å². The van der Waals surface area contributed by atoms with E-state index in [0.717, 1.165) is 5.69 Å². The fraction of sp³-hybridized carbons (Fsp3) is 0.200. The van der Waals surface area contributed by atoms with Crippen molar-refractivity contribution in [2.24, 2.45) is 12.8 Å². The number of nitrogens with zero attached hydrogens (tertiary/aromatic N) is 3. The van der Waals surface area contributed by atoms with E-state index in [2.05, 4.69) is 0 Å². The Bertz CT molecular complexity index is 703. The van der Waals surface area contributed by atoms with Crippen LogP contribution in [0.2, 0.25) is 0 Å². The fourth-order valence-corrected chi connectivity index (χ4v) is 2.37. The molecule has 110 valence electrons. The molecule has 3 rings (SSSR count). The number of anilines is 1. The number of carbonyl (C=O) groups is 1. The lowest BCUT2D eigenvalue weighted by Crippen LogP contribution is -3.00. The smallest absolute Gasteiger partial charge is 0.300 e. The van der Waals surface area contributed by atoms with Gasteiger partial charge in [0.05, 0.1) is 19.3 Å². The maximum Gasteiger partial charge on any atom is 0.300 e. The lowest BCUT2D eigenvalue weighted by atomic mass is 10.2. The van der Waals surface area contributed by atoms with Gasteiger partial charge in [-0.1, -0.05) is 17.7 Å². The van der Waals surface area contributed by atoms with Gasteiger partial charge < -0.3 is 18.1 Å². The Kier molecular flexibility index (Phi) is 4.04. The molecule has 2 heterocycles. The first-order chi connectivity index (χ1) is 9.56. The number of imidazole rings is 1. The molecule has 1 aliphatic heterocycles. The summed E-state index contributed by atoms with van der Waals surface area (Å²) in [5, 5.41) is 0. The van der Waals surface area contributed by atoms with Crippen LogP contribution in [0, 0.1) is 6.92 Å². The van der Waals surface area contributed by atoms with Crippen LogP contribution in [-0.4, -0.2) is 17.0 Å². The summed E-state index contributed by atoms with van der Waals surface area (Å²) in [7, 11) is 1.91. The van der Waals surface area contributed by atoms with E-state index in [-0.39, 0.29) is 18.3 Å². The normalized spacial score (nSPS) is 14.6. The number of carbonyl (C=O) groups excluding carboxylic acids is 1. The monoisotopic (exact) mass is 304 g/mol. The summed E-state index contributed by atoms with van der Waals surface area (Å²) in [5.41, 5.74) is 9.21. The molecule has 0 radical (unpaired) electrons. The van der Waals surface area contributed by atoms with Crippen molar-refractivity contribution in [3.63, 3.8) is 0 Å². The average Bonchev–Trinajstić information content (AvgIpc) is 2.95. The fourth-order valence-electron chi connectivity index (χ4n) is 2.37. The molecule has 0 saturated heterocycles. The highest BCUT2D eigenvalue weighted by atomic mass is 35.5. The molecule has 0 unspecified atom stereocenters. The van der Waals surface area contributed by atoms with Crippen LogP contribution in [0.5, 0.6) is 0 Å². The van der Waals surface area contributed by atoms with Crippen LogP contribution in [0.3, 0.4) is 0 Å². The van der Waals surface area contributed by atoms with E-state index >= 15 is 0 Å². The third-order valence-electron chi connectivity index (χ3n) is 3.45. The number of hydrogen-bond acceptors (Lipinski definition) is 2. The van der Waals surface area contributed by atoms with Crippen LogP contribution in [0.15, 0.2) is 48.7 Å². The number of aromatic nitrogens is 2. The molecule has 6 heteroatoms. The Morgan fingerprint density at radius 3 is 2.48 bits per heavy atom. The summed E-state index contributed by atoms with van der Waals surface area (Å²) in [6.07, 6.45) is 5.54. The second kappa shape index (κ2) is 5.61. The number of aryl methyl sites for hydroxylation is 2. The van der Waals surface area contributed by atoms with Crippen molar-refractivity contribution in [1.29, 1.82) is 0 Å². The Labute approximate surface area is 129 Å². The zero-order valence-electron chi connectivity index (χ0n) is 12.0. The summed E-state index contributed by atoms with van der Waals surface area (Å²) in [6.45, 7) is 2.45. The summed E-state index contributed by atoms with van der Waals surface area (Å²) in [6, 6.07) is 7.87. The maximum absolute atomic E-state index is 12.6. The maximum atomic E-state index is 12.6. The molecule has 1 aliphatic rings. The van der Waals surface area contributed by atoms with Gasteiger partial charge in [0.25, 0.3) is 0 Å². The van der Waals surface area contributed by atoms with Gasteiger partial charge in [0, 0.05) is 5.69 Å². The highest BCUT2D eigenvalue weighted by molar-refractivity contribution is 6.25. The minimum Gasteiger partial charge on any atom is -1.00 e. The molecule has 5 nitrogen and oxygen atoms in total. The van der Waals surface area contributed by atoms with E-state index in [1.807, 2.05) is 61.5 Å². The van der Waals surface area contributed by atoms with Crippen molar-refractivity contribution in [3.05, 3.63) is 54.2 Å². The molecule has 1 aromatic carbocycles. The first-order valence-electron chi connectivity index (χ1n) is 6.47. The molecule has 0 atom stereocenters. The first-order valence-corrected chi connectivity index (χ1v) is 6.47. The Morgan fingerprint density at radius 1 is 1.24 bits per heavy atom. The standard InChI is InChI=1S/C15H16N4O.ClH/c1-11-3-5-12(6-4-11)19-9-13(16)14(15(19)20)18-8-7-17(2)10-18;/h3-8,10H,9H2,1-2H3,(H-,16,20);1H. The second-order valence-corrected chi connectivity index (χ2v) is 5.09. The molecule has 21 heavy (non-hydrogen) atoms. The molecule has 1 aromatic heterocycles. The topological polar surface area (TPSA) is 55.1 Å². The minimum absolute atomic E-state index is 0. The van der Waals surface area contributed by atoms with E-state index in [1.54, 1.807) is 9.47 Å². The number of halogens is 1. The quantitative estimate of drug-likeness (QED) is 0.640. The predicted octanol–water partition coefficient (Wildman–Crippen LogP) is -2.20. The predicted molar refractivity (Wildman–Crippen MR) is 76.5 cm³/mol. The van der Waals surface area contributed by atoms with E-state index < -0.39 is 0 Å². The largest absolute Gasteiger partial charge is 1.00 e. The third-order valence-corrected chi connectivity index (χ3v) is 3.45. The van der Waals surface area contributed by atoms with Gasteiger partial charge in [-0.15, -0.1) is 0 Å². The number of rotatable bonds is 2. The highest BCUT2D eigenvalue weighted by Crippen LogP contribution is 2.26. The van der Waals surface area contributed by atoms with Gasteiger partial charge in [0.15, 0.2) is 0 Å². The lowest BCUT2D eigenvalue weighted by Gasteiger charge is -2.15. The van der Waals surface area contributed by atoms with Crippen molar-refractivity contribution in [3.8, 4) is 0 Å². The molecular formula is C15H17ClN4O.